The van der Waals surface area contributed by atoms with Gasteiger partial charge in [0.15, 0.2) is 0 Å². The molecule has 0 N–H and O–H groups in total. The first-order valence-electron chi connectivity index (χ1n) is 20.5. The van der Waals surface area contributed by atoms with Crippen LogP contribution in [0.15, 0.2) is 225 Å². The summed E-state index contributed by atoms with van der Waals surface area (Å²) in [6, 6.07) is 48.7. The molecule has 0 heterocycles. The van der Waals surface area contributed by atoms with Gasteiger partial charge in [-0.25, -0.2) is 25.3 Å². The minimum absolute atomic E-state index is 0.00697. The van der Waals surface area contributed by atoms with Gasteiger partial charge in [-0.1, -0.05) is 91.5 Å². The van der Waals surface area contributed by atoms with E-state index >= 15 is 0 Å². The lowest BCUT2D eigenvalue weighted by Crippen LogP contribution is -2.04. The molecule has 0 aliphatic heterocycles. The maximum absolute atomic E-state index is 14.7. The molecule has 9 nitrogen and oxygen atoms in total. The van der Waals surface area contributed by atoms with Crippen LogP contribution < -0.4 is 14.2 Å². The molecule has 8 aromatic carbocycles. The zero-order chi connectivity index (χ0) is 46.6. The van der Waals surface area contributed by atoms with Crippen molar-refractivity contribution in [2.24, 2.45) is 0 Å². The molecule has 0 amide bonds. The first-order chi connectivity index (χ1) is 31.7. The van der Waals surface area contributed by atoms with Gasteiger partial charge in [0.1, 0.15) is 28.7 Å². The van der Waals surface area contributed by atoms with Gasteiger partial charge in [0.05, 0.1) is 36.5 Å². The highest BCUT2D eigenvalue weighted by atomic mass is 32.2. The van der Waals surface area contributed by atoms with Crippen LogP contribution in [0.3, 0.4) is 0 Å². The molecule has 330 valence electrons. The largest absolute Gasteiger partial charge is 0.497 e. The molecule has 0 aromatic heterocycles. The molecular weight excluding hydrogens is 889 g/mol. The number of benzene rings is 8. The summed E-state index contributed by atoms with van der Waals surface area (Å²) in [5, 5.41) is 0. The van der Waals surface area contributed by atoms with Crippen LogP contribution in [0.25, 0.3) is 34.4 Å². The minimum Gasteiger partial charge on any atom is -0.497 e. The second-order valence-electron chi connectivity index (χ2n) is 15.1. The Kier molecular flexibility index (Phi) is 12.7. The molecule has 8 aromatic rings. The topological polar surface area (TPSA) is 130 Å². The van der Waals surface area contributed by atoms with Gasteiger partial charge in [0.2, 0.25) is 29.5 Å². The van der Waals surface area contributed by atoms with Crippen LogP contribution in [0.5, 0.6) is 28.7 Å². The van der Waals surface area contributed by atoms with E-state index in [4.69, 9.17) is 14.2 Å². The molecule has 0 bridgehead atoms. The summed E-state index contributed by atoms with van der Waals surface area (Å²) in [7, 11) is -10.3. The van der Waals surface area contributed by atoms with Gasteiger partial charge in [0.25, 0.3) is 0 Å². The summed E-state index contributed by atoms with van der Waals surface area (Å²) >= 11 is 0. The summed E-state index contributed by atoms with van der Waals surface area (Å²) in [5.74, 6) is 1.87. The second-order valence-corrected chi connectivity index (χ2v) is 21.0. The quantitative estimate of drug-likeness (QED) is 0.0986. The SMILES string of the molecule is C=Cc1ccc(-c2cc(S(=O)(=O)c3ccc(Oc4ccc(S(=O)(=O)c5ccc(OC)cc5)cc4)c(-c4ccc(C=C)cc4)c3)ccc2Oc2ccc(S(=O)(=O)c3ccc(C)cc3)cc2)cc1. The fraction of sp³-hybridized carbons (Fsp3) is 0.0370. The number of sulfone groups is 3. The Morgan fingerprint density at radius 3 is 1.02 bits per heavy atom. The van der Waals surface area contributed by atoms with Crippen LogP contribution in [-0.2, 0) is 29.5 Å². The van der Waals surface area contributed by atoms with E-state index in [0.29, 0.717) is 51.0 Å². The van der Waals surface area contributed by atoms with Crippen molar-refractivity contribution in [2.75, 3.05) is 7.11 Å². The number of aryl methyl sites for hydroxylation is 1. The van der Waals surface area contributed by atoms with Crippen LogP contribution in [0.1, 0.15) is 16.7 Å². The lowest BCUT2D eigenvalue weighted by molar-refractivity contribution is 0.414. The van der Waals surface area contributed by atoms with Crippen molar-refractivity contribution in [3.05, 3.63) is 212 Å². The van der Waals surface area contributed by atoms with Crippen molar-refractivity contribution < 1.29 is 39.5 Å². The highest BCUT2D eigenvalue weighted by molar-refractivity contribution is 7.92. The van der Waals surface area contributed by atoms with Gasteiger partial charge < -0.3 is 14.2 Å². The molecule has 0 unspecified atom stereocenters. The van der Waals surface area contributed by atoms with Crippen LogP contribution in [-0.4, -0.2) is 32.4 Å². The third-order valence-corrected chi connectivity index (χ3v) is 16.2. The second kappa shape index (κ2) is 18.5. The highest BCUT2D eigenvalue weighted by Crippen LogP contribution is 2.41. The van der Waals surface area contributed by atoms with E-state index in [1.54, 1.807) is 97.1 Å². The molecule has 8 rings (SSSR count). The standard InChI is InChI=1S/C54H42O9S3/c1-5-38-9-13-40(14-10-38)51-35-49(31-33-53(51)62-43-19-27-47(28-20-43)64(55,56)45-23-7-37(3)8-24-45)66(59,60)50-32-34-54(52(36-50)41-15-11-39(6-2)12-16-41)63-44-21-29-48(30-22-44)65(57,58)46-25-17-42(61-4)18-26-46/h5-36H,1-2H2,3-4H3. The van der Waals surface area contributed by atoms with Gasteiger partial charge in [-0.05, 0) is 151 Å². The summed E-state index contributed by atoms with van der Waals surface area (Å²) < 4.78 is 101. The first kappa shape index (κ1) is 45.1. The lowest BCUT2D eigenvalue weighted by atomic mass is 10.0. The Bertz CT molecular complexity index is 3420. The summed E-state index contributed by atoms with van der Waals surface area (Å²) in [4.78, 5) is 0.435. The van der Waals surface area contributed by atoms with Gasteiger partial charge in [-0.15, -0.1) is 0 Å². The van der Waals surface area contributed by atoms with Gasteiger partial charge >= 0.3 is 0 Å². The van der Waals surface area contributed by atoms with Crippen LogP contribution in [0.2, 0.25) is 0 Å². The Morgan fingerprint density at radius 2 is 0.682 bits per heavy atom. The van der Waals surface area contributed by atoms with E-state index in [1.807, 2.05) is 55.5 Å². The fourth-order valence-corrected chi connectivity index (χ4v) is 10.9. The first-order valence-corrected chi connectivity index (χ1v) is 24.9. The van der Waals surface area contributed by atoms with E-state index in [-0.39, 0.29) is 29.4 Å². The minimum atomic E-state index is -4.19. The van der Waals surface area contributed by atoms with Gasteiger partial charge in [0, 0.05) is 11.1 Å². The number of methoxy groups -OCH3 is 1. The van der Waals surface area contributed by atoms with E-state index in [2.05, 4.69) is 13.2 Å². The van der Waals surface area contributed by atoms with Crippen molar-refractivity contribution in [1.82, 2.24) is 0 Å². The average Bonchev–Trinajstić information content (AvgIpc) is 3.34. The molecule has 0 fully saturated rings. The third-order valence-electron chi connectivity index (χ3n) is 10.9. The molecule has 0 aliphatic rings. The van der Waals surface area contributed by atoms with Crippen molar-refractivity contribution >= 4 is 41.7 Å². The molecule has 0 spiro atoms. The van der Waals surface area contributed by atoms with Crippen molar-refractivity contribution in [1.29, 1.82) is 0 Å². The van der Waals surface area contributed by atoms with Crippen molar-refractivity contribution in [3.63, 3.8) is 0 Å². The zero-order valence-electron chi connectivity index (χ0n) is 35.8. The van der Waals surface area contributed by atoms with Crippen LogP contribution in [0, 0.1) is 6.92 Å². The van der Waals surface area contributed by atoms with Crippen LogP contribution >= 0.6 is 0 Å². The van der Waals surface area contributed by atoms with E-state index in [1.165, 1.54) is 55.6 Å². The number of hydrogen-bond acceptors (Lipinski definition) is 9. The average molecular weight is 931 g/mol. The number of ether oxygens (including phenoxy) is 3. The Balaban J connectivity index is 1.13. The normalized spacial score (nSPS) is 11.7. The van der Waals surface area contributed by atoms with E-state index in [9.17, 15) is 25.3 Å². The molecule has 0 atom stereocenters. The smallest absolute Gasteiger partial charge is 0.206 e. The molecule has 12 heteroatoms. The monoisotopic (exact) mass is 930 g/mol. The summed E-state index contributed by atoms with van der Waals surface area (Å²) in [6.45, 7) is 9.57. The maximum atomic E-state index is 14.7. The Labute approximate surface area is 385 Å². The predicted octanol–water partition coefficient (Wildman–Crippen LogP) is 12.7. The summed E-state index contributed by atoms with van der Waals surface area (Å²) in [6.07, 6.45) is 3.40. The predicted molar refractivity (Wildman–Crippen MR) is 257 cm³/mol. The molecule has 0 saturated carbocycles. The maximum Gasteiger partial charge on any atom is 0.206 e. The number of hydrogen-bond donors (Lipinski definition) is 0. The molecule has 0 radical (unpaired) electrons. The van der Waals surface area contributed by atoms with Gasteiger partial charge in [-0.2, -0.15) is 0 Å². The van der Waals surface area contributed by atoms with E-state index < -0.39 is 29.5 Å². The number of rotatable bonds is 15. The zero-order valence-corrected chi connectivity index (χ0v) is 38.2. The summed E-state index contributed by atoms with van der Waals surface area (Å²) in [5.41, 5.74) is 4.93. The Morgan fingerprint density at radius 1 is 0.379 bits per heavy atom. The molecule has 0 aliphatic carbocycles. The van der Waals surface area contributed by atoms with E-state index in [0.717, 1.165) is 16.7 Å². The van der Waals surface area contributed by atoms with Crippen LogP contribution in [0.4, 0.5) is 0 Å². The highest BCUT2D eigenvalue weighted by Gasteiger charge is 2.24. The molecule has 0 saturated heterocycles. The van der Waals surface area contributed by atoms with Crippen molar-refractivity contribution in [2.45, 2.75) is 36.3 Å². The van der Waals surface area contributed by atoms with Crippen molar-refractivity contribution in [3.8, 4) is 51.0 Å². The lowest BCUT2D eigenvalue weighted by Gasteiger charge is -2.16. The fourth-order valence-electron chi connectivity index (χ4n) is 7.09. The third kappa shape index (κ3) is 9.34. The molecular formula is C54H42O9S3. The Hall–Kier alpha value is -7.51. The molecule has 66 heavy (non-hydrogen) atoms. The van der Waals surface area contributed by atoms with Gasteiger partial charge in [-0.3, -0.25) is 0 Å².